The van der Waals surface area contributed by atoms with Crippen LogP contribution in [-0.4, -0.2) is 11.2 Å². The predicted molar refractivity (Wildman–Crippen MR) is 56.6 cm³/mol. The minimum absolute atomic E-state index is 0.0163. The summed E-state index contributed by atoms with van der Waals surface area (Å²) in [6, 6.07) is 0. The van der Waals surface area contributed by atoms with Gasteiger partial charge in [0.1, 0.15) is 0 Å². The van der Waals surface area contributed by atoms with Crippen molar-refractivity contribution in [1.29, 1.82) is 0 Å². The largest absolute Gasteiger partial charge is 0.393 e. The SMILES string of the molecule is CC(CC(O)C1CC1)CC(C)(C)C. The van der Waals surface area contributed by atoms with E-state index < -0.39 is 0 Å². The lowest BCUT2D eigenvalue weighted by Gasteiger charge is -2.24. The molecule has 1 heteroatoms. The lowest BCUT2D eigenvalue weighted by molar-refractivity contribution is 0.113. The average Bonchev–Trinajstić information content (AvgIpc) is 2.60. The van der Waals surface area contributed by atoms with Crippen LogP contribution < -0.4 is 0 Å². The van der Waals surface area contributed by atoms with E-state index in [1.807, 2.05) is 0 Å². The van der Waals surface area contributed by atoms with Crippen molar-refractivity contribution in [2.45, 2.75) is 59.5 Å². The van der Waals surface area contributed by atoms with Gasteiger partial charge in [0.2, 0.25) is 0 Å². The van der Waals surface area contributed by atoms with Crippen molar-refractivity contribution < 1.29 is 5.11 Å². The van der Waals surface area contributed by atoms with Gasteiger partial charge < -0.3 is 5.11 Å². The molecule has 78 valence electrons. The maximum absolute atomic E-state index is 9.76. The third-order valence-electron chi connectivity index (χ3n) is 2.77. The zero-order valence-corrected chi connectivity index (χ0v) is 9.51. The van der Waals surface area contributed by atoms with Crippen molar-refractivity contribution in [1.82, 2.24) is 0 Å². The van der Waals surface area contributed by atoms with E-state index in [0.29, 0.717) is 17.3 Å². The van der Waals surface area contributed by atoms with E-state index in [-0.39, 0.29) is 6.10 Å². The Labute approximate surface area is 82.5 Å². The van der Waals surface area contributed by atoms with E-state index in [4.69, 9.17) is 0 Å². The highest BCUT2D eigenvalue weighted by molar-refractivity contribution is 4.82. The van der Waals surface area contributed by atoms with E-state index in [1.165, 1.54) is 19.3 Å². The Morgan fingerprint density at radius 2 is 1.85 bits per heavy atom. The standard InChI is InChI=1S/C12H24O/c1-9(8-12(2,3)4)7-11(13)10-5-6-10/h9-11,13H,5-8H2,1-4H3. The monoisotopic (exact) mass is 184 g/mol. The van der Waals surface area contributed by atoms with E-state index in [1.54, 1.807) is 0 Å². The smallest absolute Gasteiger partial charge is 0.0570 e. The van der Waals surface area contributed by atoms with E-state index >= 15 is 0 Å². The molecule has 1 nitrogen and oxygen atoms in total. The minimum atomic E-state index is -0.0163. The van der Waals surface area contributed by atoms with Crippen molar-refractivity contribution in [2.75, 3.05) is 0 Å². The second-order valence-corrected chi connectivity index (χ2v) is 6.01. The third kappa shape index (κ3) is 4.66. The summed E-state index contributed by atoms with van der Waals surface area (Å²) in [4.78, 5) is 0. The highest BCUT2D eigenvalue weighted by Crippen LogP contribution is 2.36. The predicted octanol–water partition coefficient (Wildman–Crippen LogP) is 3.22. The van der Waals surface area contributed by atoms with Crippen LogP contribution in [0, 0.1) is 17.3 Å². The normalized spacial score (nSPS) is 22.8. The van der Waals surface area contributed by atoms with Gasteiger partial charge >= 0.3 is 0 Å². The molecule has 0 spiro atoms. The Morgan fingerprint density at radius 1 is 1.31 bits per heavy atom. The van der Waals surface area contributed by atoms with Crippen molar-refractivity contribution in [3.8, 4) is 0 Å². The molecule has 1 aliphatic rings. The number of aliphatic hydroxyl groups is 1. The molecule has 2 unspecified atom stereocenters. The Kier molecular flexibility index (Phi) is 3.39. The Bertz CT molecular complexity index is 153. The molecule has 0 radical (unpaired) electrons. The van der Waals surface area contributed by atoms with Crippen LogP contribution in [0.4, 0.5) is 0 Å². The fraction of sp³-hybridized carbons (Fsp3) is 1.00. The highest BCUT2D eigenvalue weighted by atomic mass is 16.3. The Hall–Kier alpha value is -0.0400. The number of hydrogen-bond acceptors (Lipinski definition) is 1. The van der Waals surface area contributed by atoms with Crippen LogP contribution in [0.25, 0.3) is 0 Å². The van der Waals surface area contributed by atoms with Crippen LogP contribution in [0.2, 0.25) is 0 Å². The molecule has 1 saturated carbocycles. The molecule has 1 aliphatic carbocycles. The summed E-state index contributed by atoms with van der Waals surface area (Å²) in [6.07, 6.45) is 4.71. The maximum atomic E-state index is 9.76. The fourth-order valence-electron chi connectivity index (χ4n) is 2.21. The molecule has 2 atom stereocenters. The van der Waals surface area contributed by atoms with E-state index in [2.05, 4.69) is 27.7 Å². The van der Waals surface area contributed by atoms with Gasteiger partial charge in [0.05, 0.1) is 6.10 Å². The Morgan fingerprint density at radius 3 is 2.23 bits per heavy atom. The second-order valence-electron chi connectivity index (χ2n) is 6.01. The molecule has 0 bridgehead atoms. The van der Waals surface area contributed by atoms with E-state index in [0.717, 1.165) is 6.42 Å². The van der Waals surface area contributed by atoms with Crippen LogP contribution >= 0.6 is 0 Å². The van der Waals surface area contributed by atoms with Gasteiger partial charge in [-0.1, -0.05) is 27.7 Å². The molecule has 1 rings (SSSR count). The van der Waals surface area contributed by atoms with Crippen LogP contribution in [0.3, 0.4) is 0 Å². The second kappa shape index (κ2) is 4.00. The van der Waals surface area contributed by atoms with Crippen LogP contribution in [-0.2, 0) is 0 Å². The minimum Gasteiger partial charge on any atom is -0.393 e. The number of hydrogen-bond donors (Lipinski definition) is 1. The Balaban J connectivity index is 2.19. The van der Waals surface area contributed by atoms with E-state index in [9.17, 15) is 5.11 Å². The van der Waals surface area contributed by atoms with Gasteiger partial charge in [0, 0.05) is 0 Å². The molecule has 0 aromatic carbocycles. The quantitative estimate of drug-likeness (QED) is 0.711. The molecular weight excluding hydrogens is 160 g/mol. The van der Waals surface area contributed by atoms with Crippen molar-refractivity contribution in [3.05, 3.63) is 0 Å². The summed E-state index contributed by atoms with van der Waals surface area (Å²) in [6.45, 7) is 9.07. The van der Waals surface area contributed by atoms with Crippen molar-refractivity contribution in [2.24, 2.45) is 17.3 Å². The molecule has 0 saturated heterocycles. The summed E-state index contributed by atoms with van der Waals surface area (Å²) >= 11 is 0. The summed E-state index contributed by atoms with van der Waals surface area (Å²) in [5.41, 5.74) is 0.405. The highest BCUT2D eigenvalue weighted by Gasteiger charge is 2.31. The molecule has 0 amide bonds. The molecular formula is C12H24O. The molecule has 0 aromatic rings. The lowest BCUT2D eigenvalue weighted by Crippen LogP contribution is -2.18. The van der Waals surface area contributed by atoms with Gasteiger partial charge in [-0.3, -0.25) is 0 Å². The summed E-state index contributed by atoms with van der Waals surface area (Å²) in [5.74, 6) is 1.30. The van der Waals surface area contributed by atoms with Gasteiger partial charge in [-0.2, -0.15) is 0 Å². The molecule has 1 fully saturated rings. The van der Waals surface area contributed by atoms with Crippen LogP contribution in [0.5, 0.6) is 0 Å². The fourth-order valence-corrected chi connectivity index (χ4v) is 2.21. The van der Waals surface area contributed by atoms with Crippen molar-refractivity contribution >= 4 is 0 Å². The molecule has 13 heavy (non-hydrogen) atoms. The number of aliphatic hydroxyl groups excluding tert-OH is 1. The molecule has 0 aromatic heterocycles. The first-order chi connectivity index (χ1) is 5.88. The van der Waals surface area contributed by atoms with Gasteiger partial charge in [0.15, 0.2) is 0 Å². The molecule has 0 aliphatic heterocycles. The van der Waals surface area contributed by atoms with Gasteiger partial charge in [0.25, 0.3) is 0 Å². The van der Waals surface area contributed by atoms with Crippen LogP contribution in [0.1, 0.15) is 53.4 Å². The van der Waals surface area contributed by atoms with Gasteiger partial charge in [-0.25, -0.2) is 0 Å². The molecule has 1 N–H and O–H groups in total. The first-order valence-corrected chi connectivity index (χ1v) is 5.56. The van der Waals surface area contributed by atoms with Crippen LogP contribution in [0.15, 0.2) is 0 Å². The summed E-state index contributed by atoms with van der Waals surface area (Å²) < 4.78 is 0. The third-order valence-corrected chi connectivity index (χ3v) is 2.77. The number of rotatable bonds is 4. The zero-order chi connectivity index (χ0) is 10.1. The summed E-state index contributed by atoms with van der Waals surface area (Å²) in [7, 11) is 0. The molecule has 0 heterocycles. The lowest BCUT2D eigenvalue weighted by atomic mass is 9.83. The summed E-state index contributed by atoms with van der Waals surface area (Å²) in [5, 5.41) is 9.76. The zero-order valence-electron chi connectivity index (χ0n) is 9.51. The average molecular weight is 184 g/mol. The van der Waals surface area contributed by atoms with Gasteiger partial charge in [-0.15, -0.1) is 0 Å². The van der Waals surface area contributed by atoms with Crippen molar-refractivity contribution in [3.63, 3.8) is 0 Å². The first-order valence-electron chi connectivity index (χ1n) is 5.56. The maximum Gasteiger partial charge on any atom is 0.0570 e. The van der Waals surface area contributed by atoms with Gasteiger partial charge in [-0.05, 0) is 42.9 Å². The topological polar surface area (TPSA) is 20.2 Å². The first kappa shape index (κ1) is 11.0.